The van der Waals surface area contributed by atoms with E-state index in [-0.39, 0.29) is 0 Å². The fourth-order valence-electron chi connectivity index (χ4n) is 2.42. The van der Waals surface area contributed by atoms with Gasteiger partial charge in [-0.05, 0) is 42.3 Å². The number of benzene rings is 1. The summed E-state index contributed by atoms with van der Waals surface area (Å²) in [4.78, 5) is 0. The van der Waals surface area contributed by atoms with Gasteiger partial charge in [0.15, 0.2) is 0 Å². The number of hydrogen-bond acceptors (Lipinski definition) is 2. The molecule has 16 heavy (non-hydrogen) atoms. The molecule has 1 aliphatic rings. The van der Waals surface area contributed by atoms with Crippen molar-refractivity contribution in [2.75, 3.05) is 13.2 Å². The lowest BCUT2D eigenvalue weighted by Gasteiger charge is -2.18. The molecule has 0 fully saturated rings. The van der Waals surface area contributed by atoms with E-state index in [1.807, 2.05) is 0 Å². The Balaban J connectivity index is 2.47. The minimum Gasteiger partial charge on any atom is -0.493 e. The second-order valence-electron chi connectivity index (χ2n) is 4.84. The third kappa shape index (κ3) is 2.07. The van der Waals surface area contributed by atoms with Gasteiger partial charge in [0.25, 0.3) is 0 Å². The standard InChI is InChI=1S/C14H21NO/c1-10(2)12-6-3-7-13-11(9-15)5-4-8-16-14(12)13/h3,6-7,10-11H,4-5,8-9,15H2,1-2H3. The lowest BCUT2D eigenvalue weighted by Crippen LogP contribution is -2.12. The van der Waals surface area contributed by atoms with Gasteiger partial charge < -0.3 is 10.5 Å². The molecule has 0 spiro atoms. The lowest BCUT2D eigenvalue weighted by molar-refractivity contribution is 0.312. The SMILES string of the molecule is CC(C)c1cccc2c1OCCCC2CN. The summed E-state index contributed by atoms with van der Waals surface area (Å²) in [5.41, 5.74) is 8.49. The second-order valence-corrected chi connectivity index (χ2v) is 4.84. The van der Waals surface area contributed by atoms with Gasteiger partial charge in [-0.25, -0.2) is 0 Å². The molecule has 1 aliphatic heterocycles. The Morgan fingerprint density at radius 3 is 2.94 bits per heavy atom. The Labute approximate surface area is 97.8 Å². The molecular weight excluding hydrogens is 198 g/mol. The van der Waals surface area contributed by atoms with Crippen molar-refractivity contribution in [1.82, 2.24) is 0 Å². The fraction of sp³-hybridized carbons (Fsp3) is 0.571. The van der Waals surface area contributed by atoms with Crippen LogP contribution in [0.4, 0.5) is 0 Å². The van der Waals surface area contributed by atoms with E-state index in [2.05, 4.69) is 32.0 Å². The molecule has 2 rings (SSSR count). The van der Waals surface area contributed by atoms with E-state index in [1.54, 1.807) is 0 Å². The summed E-state index contributed by atoms with van der Waals surface area (Å²) in [6, 6.07) is 6.47. The number of rotatable bonds is 2. The van der Waals surface area contributed by atoms with E-state index in [4.69, 9.17) is 10.5 Å². The quantitative estimate of drug-likeness (QED) is 0.829. The lowest BCUT2D eigenvalue weighted by atomic mass is 9.90. The molecule has 2 N–H and O–H groups in total. The molecule has 2 heteroatoms. The highest BCUT2D eigenvalue weighted by atomic mass is 16.5. The zero-order valence-electron chi connectivity index (χ0n) is 10.2. The topological polar surface area (TPSA) is 35.2 Å². The van der Waals surface area contributed by atoms with Crippen LogP contribution < -0.4 is 10.5 Å². The predicted molar refractivity (Wildman–Crippen MR) is 67.1 cm³/mol. The Morgan fingerprint density at radius 2 is 2.25 bits per heavy atom. The van der Waals surface area contributed by atoms with Crippen molar-refractivity contribution in [3.8, 4) is 5.75 Å². The van der Waals surface area contributed by atoms with Crippen LogP contribution in [0.3, 0.4) is 0 Å². The van der Waals surface area contributed by atoms with E-state index in [0.29, 0.717) is 11.8 Å². The van der Waals surface area contributed by atoms with Crippen molar-refractivity contribution >= 4 is 0 Å². The van der Waals surface area contributed by atoms with Crippen LogP contribution in [0.25, 0.3) is 0 Å². The third-order valence-corrected chi connectivity index (χ3v) is 3.37. The highest BCUT2D eigenvalue weighted by molar-refractivity contribution is 5.45. The monoisotopic (exact) mass is 219 g/mol. The molecule has 1 heterocycles. The first-order valence-electron chi connectivity index (χ1n) is 6.19. The molecule has 1 unspecified atom stereocenters. The van der Waals surface area contributed by atoms with Crippen molar-refractivity contribution in [2.45, 2.75) is 38.5 Å². The average molecular weight is 219 g/mol. The molecule has 0 bridgehead atoms. The van der Waals surface area contributed by atoms with Gasteiger partial charge in [0.05, 0.1) is 6.61 Å². The summed E-state index contributed by atoms with van der Waals surface area (Å²) in [5.74, 6) is 2.08. The number of fused-ring (bicyclic) bond motifs is 1. The van der Waals surface area contributed by atoms with Crippen LogP contribution in [-0.2, 0) is 0 Å². The van der Waals surface area contributed by atoms with Gasteiger partial charge in [0.1, 0.15) is 5.75 Å². The summed E-state index contributed by atoms with van der Waals surface area (Å²) < 4.78 is 5.92. The summed E-state index contributed by atoms with van der Waals surface area (Å²) in [6.45, 7) is 5.97. The van der Waals surface area contributed by atoms with E-state index in [1.165, 1.54) is 11.1 Å². The van der Waals surface area contributed by atoms with Crippen LogP contribution >= 0.6 is 0 Å². The van der Waals surface area contributed by atoms with Crippen molar-refractivity contribution in [3.05, 3.63) is 29.3 Å². The van der Waals surface area contributed by atoms with Gasteiger partial charge in [0, 0.05) is 0 Å². The molecule has 0 saturated carbocycles. The van der Waals surface area contributed by atoms with E-state index >= 15 is 0 Å². The van der Waals surface area contributed by atoms with Crippen LogP contribution in [0.15, 0.2) is 18.2 Å². The largest absolute Gasteiger partial charge is 0.493 e. The Hall–Kier alpha value is -1.02. The first-order valence-corrected chi connectivity index (χ1v) is 6.19. The van der Waals surface area contributed by atoms with Crippen molar-refractivity contribution in [2.24, 2.45) is 5.73 Å². The zero-order valence-corrected chi connectivity index (χ0v) is 10.2. The molecule has 0 amide bonds. The molecule has 88 valence electrons. The molecule has 0 saturated heterocycles. The molecule has 1 aromatic rings. The van der Waals surface area contributed by atoms with Crippen LogP contribution in [0, 0.1) is 0 Å². The summed E-state index contributed by atoms with van der Waals surface area (Å²) in [7, 11) is 0. The first kappa shape index (κ1) is 11.5. The normalized spacial score (nSPS) is 20.1. The summed E-state index contributed by atoms with van der Waals surface area (Å²) in [6.07, 6.45) is 2.25. The molecule has 1 aromatic carbocycles. The van der Waals surface area contributed by atoms with E-state index < -0.39 is 0 Å². The number of ether oxygens (including phenoxy) is 1. The minimum atomic E-state index is 0.469. The molecule has 1 atom stereocenters. The highest BCUT2D eigenvalue weighted by Crippen LogP contribution is 2.37. The minimum absolute atomic E-state index is 0.469. The van der Waals surface area contributed by atoms with E-state index in [0.717, 1.165) is 31.7 Å². The van der Waals surface area contributed by atoms with Crippen LogP contribution in [0.2, 0.25) is 0 Å². The Bertz CT molecular complexity index is 360. The van der Waals surface area contributed by atoms with Gasteiger partial charge >= 0.3 is 0 Å². The molecule has 2 nitrogen and oxygen atoms in total. The average Bonchev–Trinajstić information content (AvgIpc) is 2.49. The number of para-hydroxylation sites is 1. The maximum atomic E-state index is 5.92. The molecule has 0 radical (unpaired) electrons. The van der Waals surface area contributed by atoms with Crippen LogP contribution in [-0.4, -0.2) is 13.2 Å². The van der Waals surface area contributed by atoms with Crippen molar-refractivity contribution in [1.29, 1.82) is 0 Å². The van der Waals surface area contributed by atoms with E-state index in [9.17, 15) is 0 Å². The van der Waals surface area contributed by atoms with Gasteiger partial charge in [0.2, 0.25) is 0 Å². The molecule has 0 aromatic heterocycles. The molecular formula is C14H21NO. The first-order chi connectivity index (χ1) is 7.74. The van der Waals surface area contributed by atoms with Crippen molar-refractivity contribution < 1.29 is 4.74 Å². The van der Waals surface area contributed by atoms with Crippen molar-refractivity contribution in [3.63, 3.8) is 0 Å². The summed E-state index contributed by atoms with van der Waals surface area (Å²) >= 11 is 0. The maximum Gasteiger partial charge on any atom is 0.126 e. The van der Waals surface area contributed by atoms with Crippen LogP contribution in [0.5, 0.6) is 5.75 Å². The van der Waals surface area contributed by atoms with Gasteiger partial charge in [-0.2, -0.15) is 0 Å². The van der Waals surface area contributed by atoms with Gasteiger partial charge in [-0.1, -0.05) is 32.0 Å². The second kappa shape index (κ2) is 4.88. The number of hydrogen-bond donors (Lipinski definition) is 1. The number of nitrogens with two attached hydrogens (primary N) is 1. The zero-order chi connectivity index (χ0) is 11.5. The highest BCUT2D eigenvalue weighted by Gasteiger charge is 2.21. The molecule has 0 aliphatic carbocycles. The smallest absolute Gasteiger partial charge is 0.126 e. The fourth-order valence-corrected chi connectivity index (χ4v) is 2.42. The third-order valence-electron chi connectivity index (χ3n) is 3.37. The van der Waals surface area contributed by atoms with Crippen LogP contribution in [0.1, 0.15) is 49.7 Å². The van der Waals surface area contributed by atoms with Gasteiger partial charge in [-0.3, -0.25) is 0 Å². The Morgan fingerprint density at radius 1 is 1.44 bits per heavy atom. The summed E-state index contributed by atoms with van der Waals surface area (Å²) in [5, 5.41) is 0. The van der Waals surface area contributed by atoms with Gasteiger partial charge in [-0.15, -0.1) is 0 Å². The predicted octanol–water partition coefficient (Wildman–Crippen LogP) is 3.02. The maximum absolute atomic E-state index is 5.92. The Kier molecular flexibility index (Phi) is 3.49.